The van der Waals surface area contributed by atoms with Crippen molar-refractivity contribution < 1.29 is 14.3 Å². The van der Waals surface area contributed by atoms with Gasteiger partial charge in [0.2, 0.25) is 0 Å². The second-order valence-corrected chi connectivity index (χ2v) is 7.07. The summed E-state index contributed by atoms with van der Waals surface area (Å²) in [5.41, 5.74) is 1.39. The molecule has 138 valence electrons. The summed E-state index contributed by atoms with van der Waals surface area (Å²) in [7, 11) is 0. The van der Waals surface area contributed by atoms with Crippen LogP contribution in [0.4, 0.5) is 0 Å². The summed E-state index contributed by atoms with van der Waals surface area (Å²) < 4.78 is 14.1. The van der Waals surface area contributed by atoms with Crippen LogP contribution in [0.5, 0.6) is 0 Å². The lowest BCUT2D eigenvalue weighted by Crippen LogP contribution is -2.42. The van der Waals surface area contributed by atoms with Crippen LogP contribution in [0.15, 0.2) is 42.7 Å². The Morgan fingerprint density at radius 1 is 1.38 bits per heavy atom. The molecule has 2 fully saturated rings. The molecule has 1 amide bonds. The molecule has 1 spiro atoms. The Kier molecular flexibility index (Phi) is 4.78. The number of aromatic nitrogens is 2. The average molecular weight is 355 g/mol. The van der Waals surface area contributed by atoms with E-state index in [1.807, 2.05) is 36.2 Å². The highest BCUT2D eigenvalue weighted by Crippen LogP contribution is 2.37. The molecule has 2 saturated heterocycles. The first kappa shape index (κ1) is 17.2. The number of carbonyl (C=O) groups excluding carboxylic acids is 1. The standard InChI is InChI=1S/C20H25N3O3/c1-2-23-12-17(11-21-23)19(24)22-13-18(20(15-22)9-6-10-26-20)25-14-16-7-4-3-5-8-16/h3-5,7-8,11-12,18H,2,6,9-10,13-15H2,1H3/t18-,20-/m0/s1. The number of aryl methyl sites for hydroxylation is 1. The van der Waals surface area contributed by atoms with Crippen molar-refractivity contribution in [3.05, 3.63) is 53.9 Å². The predicted molar refractivity (Wildman–Crippen MR) is 96.7 cm³/mol. The lowest BCUT2D eigenvalue weighted by Gasteiger charge is -2.28. The highest BCUT2D eigenvalue weighted by Gasteiger charge is 2.51. The van der Waals surface area contributed by atoms with Gasteiger partial charge in [-0.3, -0.25) is 9.48 Å². The number of rotatable bonds is 5. The Balaban J connectivity index is 1.48. The Morgan fingerprint density at radius 2 is 2.23 bits per heavy atom. The van der Waals surface area contributed by atoms with Gasteiger partial charge in [-0.15, -0.1) is 0 Å². The molecule has 1 aromatic heterocycles. The molecule has 3 heterocycles. The van der Waals surface area contributed by atoms with Crippen LogP contribution in [0.1, 0.15) is 35.7 Å². The summed E-state index contributed by atoms with van der Waals surface area (Å²) in [6.07, 6.45) is 5.30. The molecule has 0 saturated carbocycles. The minimum Gasteiger partial charge on any atom is -0.370 e. The molecule has 0 bridgehead atoms. The van der Waals surface area contributed by atoms with Gasteiger partial charge in [0.25, 0.3) is 5.91 Å². The van der Waals surface area contributed by atoms with Crippen molar-refractivity contribution in [2.45, 2.75) is 44.6 Å². The quantitative estimate of drug-likeness (QED) is 0.827. The maximum absolute atomic E-state index is 12.9. The van der Waals surface area contributed by atoms with Gasteiger partial charge in [-0.1, -0.05) is 30.3 Å². The first-order valence-corrected chi connectivity index (χ1v) is 9.31. The van der Waals surface area contributed by atoms with E-state index >= 15 is 0 Å². The molecule has 6 heteroatoms. The van der Waals surface area contributed by atoms with Gasteiger partial charge in [0, 0.05) is 19.3 Å². The molecular weight excluding hydrogens is 330 g/mol. The molecule has 2 aromatic rings. The minimum atomic E-state index is -0.370. The Morgan fingerprint density at radius 3 is 2.92 bits per heavy atom. The molecule has 2 aliphatic rings. The van der Waals surface area contributed by atoms with Crippen LogP contribution in [0, 0.1) is 0 Å². The summed E-state index contributed by atoms with van der Waals surface area (Å²) in [6.45, 7) is 5.17. The molecule has 6 nitrogen and oxygen atoms in total. The number of amides is 1. The summed E-state index contributed by atoms with van der Waals surface area (Å²) in [4.78, 5) is 14.8. The number of nitrogens with zero attached hydrogens (tertiary/aromatic N) is 3. The highest BCUT2D eigenvalue weighted by molar-refractivity contribution is 5.94. The van der Waals surface area contributed by atoms with Crippen LogP contribution in [-0.2, 0) is 22.6 Å². The molecule has 2 atom stereocenters. The van der Waals surface area contributed by atoms with Crippen molar-refractivity contribution in [3.8, 4) is 0 Å². The van der Waals surface area contributed by atoms with Crippen LogP contribution in [0.2, 0.25) is 0 Å². The van der Waals surface area contributed by atoms with Crippen LogP contribution in [0.25, 0.3) is 0 Å². The van der Waals surface area contributed by atoms with E-state index in [2.05, 4.69) is 17.2 Å². The van der Waals surface area contributed by atoms with Crippen LogP contribution in [0.3, 0.4) is 0 Å². The fraction of sp³-hybridized carbons (Fsp3) is 0.500. The molecule has 0 N–H and O–H groups in total. The van der Waals surface area contributed by atoms with Gasteiger partial charge in [0.1, 0.15) is 11.7 Å². The third kappa shape index (κ3) is 3.27. The van der Waals surface area contributed by atoms with Crippen molar-refractivity contribution in [2.24, 2.45) is 0 Å². The summed E-state index contributed by atoms with van der Waals surface area (Å²) in [6, 6.07) is 10.1. The van der Waals surface area contributed by atoms with E-state index < -0.39 is 0 Å². The largest absolute Gasteiger partial charge is 0.370 e. The van der Waals surface area contributed by atoms with Crippen LogP contribution < -0.4 is 0 Å². The van der Waals surface area contributed by atoms with Crippen molar-refractivity contribution in [1.29, 1.82) is 0 Å². The zero-order valence-electron chi connectivity index (χ0n) is 15.1. The van der Waals surface area contributed by atoms with Crippen LogP contribution >= 0.6 is 0 Å². The van der Waals surface area contributed by atoms with Gasteiger partial charge in [0.15, 0.2) is 0 Å². The monoisotopic (exact) mass is 355 g/mol. The molecule has 0 radical (unpaired) electrons. The molecule has 4 rings (SSSR count). The third-order valence-corrected chi connectivity index (χ3v) is 5.35. The van der Waals surface area contributed by atoms with Gasteiger partial charge in [0.05, 0.1) is 31.5 Å². The lowest BCUT2D eigenvalue weighted by atomic mass is 9.96. The SMILES string of the molecule is CCn1cc(C(=O)N2C[C@H](OCc3ccccc3)[C@]3(CCCO3)C2)cn1. The van der Waals surface area contributed by atoms with E-state index in [0.717, 1.165) is 31.6 Å². The predicted octanol–water partition coefficient (Wildman–Crippen LogP) is 2.49. The number of ether oxygens (including phenoxy) is 2. The molecular formula is C20H25N3O3. The molecule has 0 aliphatic carbocycles. The Hall–Kier alpha value is -2.18. The molecule has 2 aliphatic heterocycles. The van der Waals surface area contributed by atoms with Gasteiger partial charge in [-0.05, 0) is 25.3 Å². The van der Waals surface area contributed by atoms with Gasteiger partial charge in [-0.2, -0.15) is 5.10 Å². The van der Waals surface area contributed by atoms with Crippen molar-refractivity contribution in [2.75, 3.05) is 19.7 Å². The minimum absolute atomic E-state index is 0.00499. The van der Waals surface area contributed by atoms with E-state index in [4.69, 9.17) is 9.47 Å². The van der Waals surface area contributed by atoms with Gasteiger partial charge < -0.3 is 14.4 Å². The van der Waals surface area contributed by atoms with E-state index in [9.17, 15) is 4.79 Å². The summed E-state index contributed by atoms with van der Waals surface area (Å²) in [5.74, 6) is 0.00499. The van der Waals surface area contributed by atoms with Crippen LogP contribution in [-0.4, -0.2) is 52.0 Å². The number of likely N-dealkylation sites (tertiary alicyclic amines) is 1. The number of hydrogen-bond donors (Lipinski definition) is 0. The number of benzene rings is 1. The van der Waals surface area contributed by atoms with Crippen molar-refractivity contribution in [3.63, 3.8) is 0 Å². The normalized spacial score (nSPS) is 25.3. The second kappa shape index (κ2) is 7.21. The zero-order chi connectivity index (χ0) is 18.0. The fourth-order valence-corrected chi connectivity index (χ4v) is 3.91. The Labute approximate surface area is 153 Å². The third-order valence-electron chi connectivity index (χ3n) is 5.35. The first-order chi connectivity index (χ1) is 12.7. The Bertz CT molecular complexity index is 753. The average Bonchev–Trinajstić information content (AvgIpc) is 3.41. The first-order valence-electron chi connectivity index (χ1n) is 9.31. The maximum atomic E-state index is 12.9. The molecule has 26 heavy (non-hydrogen) atoms. The zero-order valence-corrected chi connectivity index (χ0v) is 15.1. The highest BCUT2D eigenvalue weighted by atomic mass is 16.6. The smallest absolute Gasteiger partial charge is 0.257 e. The summed E-state index contributed by atoms with van der Waals surface area (Å²) >= 11 is 0. The van der Waals surface area contributed by atoms with E-state index in [1.54, 1.807) is 10.9 Å². The fourth-order valence-electron chi connectivity index (χ4n) is 3.91. The van der Waals surface area contributed by atoms with Gasteiger partial charge in [-0.25, -0.2) is 0 Å². The lowest BCUT2D eigenvalue weighted by molar-refractivity contribution is -0.0959. The number of hydrogen-bond acceptors (Lipinski definition) is 4. The summed E-state index contributed by atoms with van der Waals surface area (Å²) in [5, 5.41) is 4.22. The van der Waals surface area contributed by atoms with Crippen molar-refractivity contribution >= 4 is 5.91 Å². The maximum Gasteiger partial charge on any atom is 0.257 e. The topological polar surface area (TPSA) is 56.6 Å². The number of carbonyl (C=O) groups is 1. The van der Waals surface area contributed by atoms with E-state index in [0.29, 0.717) is 25.3 Å². The molecule has 1 aromatic carbocycles. The van der Waals surface area contributed by atoms with Crippen molar-refractivity contribution in [1.82, 2.24) is 14.7 Å². The van der Waals surface area contributed by atoms with E-state index in [-0.39, 0.29) is 17.6 Å². The van der Waals surface area contributed by atoms with Gasteiger partial charge >= 0.3 is 0 Å². The second-order valence-electron chi connectivity index (χ2n) is 7.07. The molecule has 0 unspecified atom stereocenters. The van der Waals surface area contributed by atoms with E-state index in [1.165, 1.54) is 0 Å².